The summed E-state index contributed by atoms with van der Waals surface area (Å²) in [5.74, 6) is 0. The van der Waals surface area contributed by atoms with Gasteiger partial charge in [0.1, 0.15) is 14.7 Å². The summed E-state index contributed by atoms with van der Waals surface area (Å²) in [5, 5.41) is 0. The van der Waals surface area contributed by atoms with Crippen molar-refractivity contribution in [1.29, 1.82) is 0 Å². The number of hydrogen-bond acceptors (Lipinski definition) is 2. The molecule has 1 amide bonds. The molecule has 0 aromatic rings. The van der Waals surface area contributed by atoms with Crippen molar-refractivity contribution in [1.82, 2.24) is 4.90 Å². The first kappa shape index (κ1) is 11.1. The normalized spacial score (nSPS) is 20.1. The van der Waals surface area contributed by atoms with Crippen LogP contribution in [0.4, 0.5) is 4.79 Å². The predicted molar refractivity (Wildman–Crippen MR) is 58.4 cm³/mol. The number of cyclic esters (lactones) is 1. The first-order valence-corrected chi connectivity index (χ1v) is 8.22. The van der Waals surface area contributed by atoms with Crippen LogP contribution in [0.3, 0.4) is 0 Å². The third-order valence-corrected chi connectivity index (χ3v) is 2.74. The highest BCUT2D eigenvalue weighted by molar-refractivity contribution is 6.83. The van der Waals surface area contributed by atoms with Crippen LogP contribution in [0.25, 0.3) is 0 Å². The van der Waals surface area contributed by atoms with Crippen LogP contribution >= 0.6 is 0 Å². The van der Waals surface area contributed by atoms with E-state index in [4.69, 9.17) is 4.74 Å². The third kappa shape index (κ3) is 2.52. The van der Waals surface area contributed by atoms with Gasteiger partial charge >= 0.3 is 6.09 Å². The average molecular weight is 211 g/mol. The highest BCUT2D eigenvalue weighted by Gasteiger charge is 2.39. The molecule has 3 nitrogen and oxygen atoms in total. The summed E-state index contributed by atoms with van der Waals surface area (Å²) in [4.78, 5) is 12.8. The van der Waals surface area contributed by atoms with Gasteiger partial charge in [0, 0.05) is 6.04 Å². The van der Waals surface area contributed by atoms with Gasteiger partial charge in [-0.05, 0) is 13.8 Å². The average Bonchev–Trinajstić information content (AvgIpc) is 2.22. The fourth-order valence-electron chi connectivity index (χ4n) is 1.04. The summed E-state index contributed by atoms with van der Waals surface area (Å²) in [7, 11) is -1.43. The number of rotatable bonds is 0. The molecule has 0 aromatic heterocycles. The smallest absolute Gasteiger partial charge is 0.422 e. The molecule has 0 unspecified atom stereocenters. The molecule has 0 spiro atoms. The summed E-state index contributed by atoms with van der Waals surface area (Å²) in [6, 6.07) is 2.93. The predicted octanol–water partition coefficient (Wildman–Crippen LogP) is 2.06. The molecule has 0 aromatic carbocycles. The van der Waals surface area contributed by atoms with E-state index >= 15 is 0 Å². The van der Waals surface area contributed by atoms with Crippen molar-refractivity contribution in [3.8, 4) is 11.6 Å². The van der Waals surface area contributed by atoms with Gasteiger partial charge < -0.3 is 4.74 Å². The Hall–Kier alpha value is -0.953. The van der Waals surface area contributed by atoms with E-state index in [2.05, 4.69) is 31.2 Å². The fraction of sp³-hybridized carbons (Fsp3) is 0.700. The van der Waals surface area contributed by atoms with Crippen molar-refractivity contribution in [3.63, 3.8) is 0 Å². The molecule has 0 bridgehead atoms. The lowest BCUT2D eigenvalue weighted by Crippen LogP contribution is -2.38. The Morgan fingerprint density at radius 1 is 1.43 bits per heavy atom. The lowest BCUT2D eigenvalue weighted by molar-refractivity contribution is 0.167. The van der Waals surface area contributed by atoms with Crippen LogP contribution in [0.1, 0.15) is 13.8 Å². The second kappa shape index (κ2) is 3.32. The molecule has 78 valence electrons. The van der Waals surface area contributed by atoms with Crippen molar-refractivity contribution < 1.29 is 9.53 Å². The zero-order chi connectivity index (χ0) is 11.0. The number of carbonyl (C=O) groups is 1. The third-order valence-electron chi connectivity index (χ3n) is 1.88. The van der Waals surface area contributed by atoms with Crippen molar-refractivity contribution in [2.24, 2.45) is 0 Å². The van der Waals surface area contributed by atoms with Crippen LogP contribution in [0.15, 0.2) is 0 Å². The molecule has 1 rings (SSSR count). The zero-order valence-corrected chi connectivity index (χ0v) is 10.5. The lowest BCUT2D eigenvalue weighted by atomic mass is 10.1. The van der Waals surface area contributed by atoms with Crippen LogP contribution in [0.5, 0.6) is 0 Å². The fourth-order valence-corrected chi connectivity index (χ4v) is 1.48. The molecule has 1 saturated heterocycles. The summed E-state index contributed by atoms with van der Waals surface area (Å²) < 4.78 is 4.95. The summed E-state index contributed by atoms with van der Waals surface area (Å²) >= 11 is 0. The van der Waals surface area contributed by atoms with Crippen LogP contribution < -0.4 is 0 Å². The topological polar surface area (TPSA) is 29.5 Å². The number of amides is 1. The maximum Gasteiger partial charge on any atom is 0.422 e. The Kier molecular flexibility index (Phi) is 2.64. The molecule has 1 fully saturated rings. The van der Waals surface area contributed by atoms with Gasteiger partial charge in [-0.25, -0.2) is 9.69 Å². The number of carbonyl (C=O) groups excluding carboxylic acids is 1. The molecule has 14 heavy (non-hydrogen) atoms. The van der Waals surface area contributed by atoms with E-state index in [0.29, 0.717) is 6.61 Å². The Morgan fingerprint density at radius 2 is 2.00 bits per heavy atom. The van der Waals surface area contributed by atoms with Gasteiger partial charge in [-0.1, -0.05) is 19.6 Å². The zero-order valence-electron chi connectivity index (χ0n) is 9.47. The molecule has 0 radical (unpaired) electrons. The monoisotopic (exact) mass is 211 g/mol. The standard InChI is InChI=1S/C10H17NO2Si/c1-10(2)8-13-9(12)11(10)6-7-14(3,4)5/h8H2,1-5H3. The van der Waals surface area contributed by atoms with Crippen LogP contribution in [-0.2, 0) is 4.74 Å². The van der Waals surface area contributed by atoms with E-state index in [1.807, 2.05) is 13.8 Å². The van der Waals surface area contributed by atoms with Crippen molar-refractivity contribution >= 4 is 14.2 Å². The van der Waals surface area contributed by atoms with Crippen molar-refractivity contribution in [2.45, 2.75) is 39.0 Å². The maximum atomic E-state index is 11.3. The van der Waals surface area contributed by atoms with E-state index in [1.165, 1.54) is 4.90 Å². The second-order valence-electron chi connectivity index (χ2n) is 5.19. The van der Waals surface area contributed by atoms with Crippen LogP contribution in [0.2, 0.25) is 19.6 Å². The molecule has 4 heteroatoms. The van der Waals surface area contributed by atoms with Crippen molar-refractivity contribution in [2.75, 3.05) is 6.61 Å². The molecule has 1 aliphatic heterocycles. The summed E-state index contributed by atoms with van der Waals surface area (Å²) in [6.07, 6.45) is -0.319. The first-order valence-electron chi connectivity index (χ1n) is 4.72. The van der Waals surface area contributed by atoms with E-state index in [0.717, 1.165) is 0 Å². The first-order chi connectivity index (χ1) is 6.22. The van der Waals surface area contributed by atoms with Gasteiger partial charge in [0.25, 0.3) is 0 Å². The molecule has 0 aliphatic carbocycles. The Labute approximate surface area is 86.4 Å². The van der Waals surface area contributed by atoms with Crippen LogP contribution in [-0.4, -0.2) is 31.2 Å². The minimum atomic E-state index is -1.43. The van der Waals surface area contributed by atoms with E-state index in [1.54, 1.807) is 0 Å². The maximum absolute atomic E-state index is 11.3. The minimum Gasteiger partial charge on any atom is -0.446 e. The van der Waals surface area contributed by atoms with Gasteiger partial charge in [0.15, 0.2) is 0 Å². The second-order valence-corrected chi connectivity index (χ2v) is 9.94. The lowest BCUT2D eigenvalue weighted by Gasteiger charge is -2.21. The van der Waals surface area contributed by atoms with Gasteiger partial charge in [-0.3, -0.25) is 0 Å². The number of ether oxygens (including phenoxy) is 1. The SMILES string of the molecule is CC1(C)COC(=O)N1C#C[Si](C)(C)C. The molecule has 0 N–H and O–H groups in total. The van der Waals surface area contributed by atoms with E-state index in [9.17, 15) is 4.79 Å². The van der Waals surface area contributed by atoms with E-state index < -0.39 is 8.07 Å². The number of nitrogens with zero attached hydrogens (tertiary/aromatic N) is 1. The number of hydrogen-bond donors (Lipinski definition) is 0. The Morgan fingerprint density at radius 3 is 2.36 bits per heavy atom. The van der Waals surface area contributed by atoms with Gasteiger partial charge in [-0.15, -0.1) is 5.54 Å². The molecule has 1 heterocycles. The molecule has 1 aliphatic rings. The minimum absolute atomic E-state index is 0.288. The van der Waals surface area contributed by atoms with Gasteiger partial charge in [0.05, 0.1) is 5.54 Å². The summed E-state index contributed by atoms with van der Waals surface area (Å²) in [6.45, 7) is 10.8. The highest BCUT2D eigenvalue weighted by atomic mass is 28.3. The van der Waals surface area contributed by atoms with Crippen LogP contribution in [0, 0.1) is 11.6 Å². The molecular formula is C10H17NO2Si. The summed E-state index contributed by atoms with van der Waals surface area (Å²) in [5.41, 5.74) is 2.88. The quantitative estimate of drug-likeness (QED) is 0.453. The highest BCUT2D eigenvalue weighted by Crippen LogP contribution is 2.22. The van der Waals surface area contributed by atoms with E-state index in [-0.39, 0.29) is 11.6 Å². The van der Waals surface area contributed by atoms with Gasteiger partial charge in [0.2, 0.25) is 0 Å². The van der Waals surface area contributed by atoms with Crippen molar-refractivity contribution in [3.05, 3.63) is 0 Å². The Bertz CT molecular complexity index is 306. The van der Waals surface area contributed by atoms with Gasteiger partial charge in [-0.2, -0.15) is 0 Å². The molecular weight excluding hydrogens is 194 g/mol. The molecule has 0 atom stereocenters. The largest absolute Gasteiger partial charge is 0.446 e. The Balaban J connectivity index is 2.86. The molecule has 0 saturated carbocycles.